The van der Waals surface area contributed by atoms with Gasteiger partial charge in [0, 0.05) is 22.3 Å². The van der Waals surface area contributed by atoms with Gasteiger partial charge in [0.1, 0.15) is 5.75 Å². The number of pyridine rings is 1. The number of benzene rings is 3. The Morgan fingerprint density at radius 3 is 2.44 bits per heavy atom. The second-order valence-electron chi connectivity index (χ2n) is 8.05. The van der Waals surface area contributed by atoms with Crippen LogP contribution in [0.1, 0.15) is 32.6 Å². The maximum Gasteiger partial charge on any atom is 0.258 e. The highest BCUT2D eigenvalue weighted by molar-refractivity contribution is 6.06. The fourth-order valence-electron chi connectivity index (χ4n) is 3.84. The number of hydrogen-bond acceptors (Lipinski definition) is 3. The van der Waals surface area contributed by atoms with E-state index in [9.17, 15) is 9.59 Å². The smallest absolute Gasteiger partial charge is 0.258 e. The molecule has 32 heavy (non-hydrogen) atoms. The molecular weight excluding hydrogens is 400 g/mol. The summed E-state index contributed by atoms with van der Waals surface area (Å²) in [6.07, 6.45) is 0. The molecule has 1 N–H and O–H groups in total. The van der Waals surface area contributed by atoms with Crippen molar-refractivity contribution in [3.8, 4) is 5.75 Å². The molecule has 3 aromatic carbocycles. The molecule has 4 aromatic rings. The SMILES string of the molecule is COc1ccc(C(=O)N(Cc2cc3cc(C)ccc3[nH]c2=O)c2cccc(C)c2C)cc1. The molecule has 0 spiro atoms. The number of fused-ring (bicyclic) bond motifs is 1. The molecule has 0 saturated heterocycles. The number of hydrogen-bond donors (Lipinski definition) is 1. The van der Waals surface area contributed by atoms with E-state index in [1.54, 1.807) is 36.3 Å². The Kier molecular flexibility index (Phi) is 5.82. The van der Waals surface area contributed by atoms with Crippen LogP contribution >= 0.6 is 0 Å². The predicted octanol–water partition coefficient (Wildman–Crippen LogP) is 5.31. The topological polar surface area (TPSA) is 62.4 Å². The highest BCUT2D eigenvalue weighted by Gasteiger charge is 2.22. The van der Waals surface area contributed by atoms with Crippen molar-refractivity contribution in [2.75, 3.05) is 12.0 Å². The molecule has 5 heteroatoms. The zero-order chi connectivity index (χ0) is 22.8. The maximum atomic E-state index is 13.6. The van der Waals surface area contributed by atoms with Gasteiger partial charge in [0.15, 0.2) is 0 Å². The van der Waals surface area contributed by atoms with Gasteiger partial charge < -0.3 is 14.6 Å². The fraction of sp³-hybridized carbons (Fsp3) is 0.185. The molecule has 0 saturated carbocycles. The molecule has 5 nitrogen and oxygen atoms in total. The van der Waals surface area contributed by atoms with E-state index in [4.69, 9.17) is 4.74 Å². The Balaban J connectivity index is 1.81. The average Bonchev–Trinajstić information content (AvgIpc) is 2.79. The van der Waals surface area contributed by atoms with Crippen molar-refractivity contribution >= 4 is 22.5 Å². The van der Waals surface area contributed by atoms with Crippen molar-refractivity contribution in [3.63, 3.8) is 0 Å². The molecule has 0 fully saturated rings. The highest BCUT2D eigenvalue weighted by atomic mass is 16.5. The monoisotopic (exact) mass is 426 g/mol. The van der Waals surface area contributed by atoms with Gasteiger partial charge in [0.25, 0.3) is 11.5 Å². The second-order valence-corrected chi connectivity index (χ2v) is 8.05. The zero-order valence-corrected chi connectivity index (χ0v) is 18.7. The van der Waals surface area contributed by atoms with Crippen LogP contribution in [0.2, 0.25) is 0 Å². The lowest BCUT2D eigenvalue weighted by Gasteiger charge is -2.25. The van der Waals surface area contributed by atoms with Crippen LogP contribution in [0, 0.1) is 20.8 Å². The Morgan fingerprint density at radius 1 is 0.969 bits per heavy atom. The van der Waals surface area contributed by atoms with Crippen molar-refractivity contribution in [2.24, 2.45) is 0 Å². The molecular formula is C27H26N2O3. The van der Waals surface area contributed by atoms with E-state index in [2.05, 4.69) is 4.98 Å². The quantitative estimate of drug-likeness (QED) is 0.470. The molecule has 0 unspecified atom stereocenters. The number of aromatic amines is 1. The number of nitrogens with one attached hydrogen (secondary N) is 1. The Labute approximate surface area is 187 Å². The zero-order valence-electron chi connectivity index (χ0n) is 18.7. The van der Waals surface area contributed by atoms with E-state index >= 15 is 0 Å². The minimum atomic E-state index is -0.195. The lowest BCUT2D eigenvalue weighted by Crippen LogP contribution is -2.33. The van der Waals surface area contributed by atoms with Crippen molar-refractivity contribution in [2.45, 2.75) is 27.3 Å². The molecule has 0 bridgehead atoms. The highest BCUT2D eigenvalue weighted by Crippen LogP contribution is 2.27. The summed E-state index contributed by atoms with van der Waals surface area (Å²) in [6, 6.07) is 20.7. The number of nitrogens with zero attached hydrogens (tertiary/aromatic N) is 1. The van der Waals surface area contributed by atoms with E-state index in [0.717, 1.165) is 33.3 Å². The van der Waals surface area contributed by atoms with Crippen LogP contribution in [0.3, 0.4) is 0 Å². The van der Waals surface area contributed by atoms with Crippen LogP contribution < -0.4 is 15.2 Å². The number of aryl methyl sites for hydroxylation is 2. The number of ether oxygens (including phenoxy) is 1. The molecule has 0 radical (unpaired) electrons. The van der Waals surface area contributed by atoms with Gasteiger partial charge in [-0.05, 0) is 85.8 Å². The second kappa shape index (κ2) is 8.71. The third-order valence-corrected chi connectivity index (χ3v) is 5.85. The van der Waals surface area contributed by atoms with Gasteiger partial charge in [-0.2, -0.15) is 0 Å². The third-order valence-electron chi connectivity index (χ3n) is 5.85. The summed E-state index contributed by atoms with van der Waals surface area (Å²) in [5.41, 5.74) is 5.63. The van der Waals surface area contributed by atoms with E-state index in [0.29, 0.717) is 16.9 Å². The molecule has 1 aromatic heterocycles. The molecule has 1 heterocycles. The summed E-state index contributed by atoms with van der Waals surface area (Å²) in [4.78, 5) is 31.1. The van der Waals surface area contributed by atoms with Crippen LogP contribution in [0.15, 0.2) is 71.5 Å². The lowest BCUT2D eigenvalue weighted by atomic mass is 10.0. The van der Waals surface area contributed by atoms with Crippen molar-refractivity contribution in [1.82, 2.24) is 4.98 Å². The lowest BCUT2D eigenvalue weighted by molar-refractivity contribution is 0.0985. The Bertz CT molecular complexity index is 1350. The molecule has 1 amide bonds. The number of amides is 1. The molecule has 0 aliphatic rings. The first-order valence-corrected chi connectivity index (χ1v) is 10.5. The summed E-state index contributed by atoms with van der Waals surface area (Å²) in [5.74, 6) is 0.506. The first kappa shape index (κ1) is 21.4. The molecule has 0 atom stereocenters. The number of carbonyl (C=O) groups excluding carboxylic acids is 1. The predicted molar refractivity (Wildman–Crippen MR) is 129 cm³/mol. The summed E-state index contributed by atoms with van der Waals surface area (Å²) >= 11 is 0. The first-order valence-electron chi connectivity index (χ1n) is 10.5. The standard InChI is InChI=1S/C27H26N2O3/c1-17-8-13-24-21(14-17)15-22(26(30)28-24)16-29(25-7-5-6-18(2)19(25)3)27(31)20-9-11-23(32-4)12-10-20/h5-15H,16H2,1-4H3,(H,28,30). The normalized spacial score (nSPS) is 10.9. The number of carbonyl (C=O) groups is 1. The first-order chi connectivity index (χ1) is 15.4. The van der Waals surface area contributed by atoms with Crippen molar-refractivity contribution < 1.29 is 9.53 Å². The van der Waals surface area contributed by atoms with Gasteiger partial charge in [-0.3, -0.25) is 9.59 Å². The number of methoxy groups -OCH3 is 1. The largest absolute Gasteiger partial charge is 0.497 e. The molecule has 4 rings (SSSR count). The molecule has 162 valence electrons. The molecule has 0 aliphatic heterocycles. The van der Waals surface area contributed by atoms with E-state index < -0.39 is 0 Å². The summed E-state index contributed by atoms with van der Waals surface area (Å²) in [6.45, 7) is 6.18. The van der Waals surface area contributed by atoms with E-state index in [1.807, 2.05) is 63.2 Å². The number of rotatable bonds is 5. The summed E-state index contributed by atoms with van der Waals surface area (Å²) < 4.78 is 5.22. The Hall–Kier alpha value is -3.86. The summed E-state index contributed by atoms with van der Waals surface area (Å²) in [5, 5.41) is 0.942. The number of anilines is 1. The van der Waals surface area contributed by atoms with E-state index in [1.165, 1.54) is 0 Å². The van der Waals surface area contributed by atoms with Crippen LogP contribution in [-0.2, 0) is 6.54 Å². The van der Waals surface area contributed by atoms with Gasteiger partial charge in [0.2, 0.25) is 0 Å². The van der Waals surface area contributed by atoms with Crippen LogP contribution in [0.25, 0.3) is 10.9 Å². The van der Waals surface area contributed by atoms with Crippen LogP contribution in [0.4, 0.5) is 5.69 Å². The minimum Gasteiger partial charge on any atom is -0.497 e. The van der Waals surface area contributed by atoms with E-state index in [-0.39, 0.29) is 18.0 Å². The number of H-pyrrole nitrogens is 1. The van der Waals surface area contributed by atoms with Gasteiger partial charge >= 0.3 is 0 Å². The van der Waals surface area contributed by atoms with Crippen LogP contribution in [-0.4, -0.2) is 18.0 Å². The Morgan fingerprint density at radius 2 is 1.72 bits per heavy atom. The van der Waals surface area contributed by atoms with Crippen molar-refractivity contribution in [1.29, 1.82) is 0 Å². The number of aromatic nitrogens is 1. The van der Waals surface area contributed by atoms with Gasteiger partial charge in [-0.25, -0.2) is 0 Å². The third kappa shape index (κ3) is 4.14. The summed E-state index contributed by atoms with van der Waals surface area (Å²) in [7, 11) is 1.59. The maximum absolute atomic E-state index is 13.6. The minimum absolute atomic E-state index is 0.161. The molecule has 0 aliphatic carbocycles. The fourth-order valence-corrected chi connectivity index (χ4v) is 3.84. The van der Waals surface area contributed by atoms with Gasteiger partial charge in [-0.1, -0.05) is 23.8 Å². The van der Waals surface area contributed by atoms with Crippen molar-refractivity contribution in [3.05, 3.63) is 105 Å². The van der Waals surface area contributed by atoms with Gasteiger partial charge in [-0.15, -0.1) is 0 Å². The average molecular weight is 427 g/mol. The van der Waals surface area contributed by atoms with Gasteiger partial charge in [0.05, 0.1) is 13.7 Å². The van der Waals surface area contributed by atoms with Crippen LogP contribution in [0.5, 0.6) is 5.75 Å².